The zero-order valence-electron chi connectivity index (χ0n) is 18.4. The number of pyridine rings is 1. The minimum absolute atomic E-state index is 0.0171. The summed E-state index contributed by atoms with van der Waals surface area (Å²) in [6.45, 7) is 2.93. The van der Waals surface area contributed by atoms with Gasteiger partial charge in [-0.15, -0.1) is 0 Å². The molecule has 0 spiro atoms. The lowest BCUT2D eigenvalue weighted by molar-refractivity contribution is -0.140. The van der Waals surface area contributed by atoms with Crippen molar-refractivity contribution in [2.75, 3.05) is 31.1 Å². The normalized spacial score (nSPS) is 20.8. The van der Waals surface area contributed by atoms with Gasteiger partial charge in [0.25, 0.3) is 11.8 Å². The molecule has 0 bridgehead atoms. The van der Waals surface area contributed by atoms with Gasteiger partial charge in [0.15, 0.2) is 0 Å². The van der Waals surface area contributed by atoms with Crippen LogP contribution in [0.15, 0.2) is 60.4 Å². The van der Waals surface area contributed by atoms with E-state index >= 15 is 0 Å². The zero-order chi connectivity index (χ0) is 21.9. The molecule has 1 aromatic carbocycles. The van der Waals surface area contributed by atoms with Crippen LogP contribution in [0.2, 0.25) is 0 Å². The highest BCUT2D eigenvalue weighted by Crippen LogP contribution is 2.36. The molecule has 0 radical (unpaired) electrons. The van der Waals surface area contributed by atoms with Crippen molar-refractivity contribution in [3.63, 3.8) is 0 Å². The second kappa shape index (κ2) is 9.15. The maximum Gasteiger partial charge on any atom is 0.278 e. The number of hydrogen-bond donors (Lipinski definition) is 0. The number of nitrogens with zero attached hydrogens (tertiary/aromatic N) is 4. The van der Waals surface area contributed by atoms with Crippen LogP contribution in [0.5, 0.6) is 0 Å². The van der Waals surface area contributed by atoms with E-state index in [4.69, 9.17) is 0 Å². The van der Waals surface area contributed by atoms with Crippen LogP contribution in [0.25, 0.3) is 5.57 Å². The van der Waals surface area contributed by atoms with Crippen molar-refractivity contribution in [2.45, 2.75) is 44.6 Å². The van der Waals surface area contributed by atoms with Gasteiger partial charge in [0, 0.05) is 38.4 Å². The number of carbonyl (C=O) groups is 2. The van der Waals surface area contributed by atoms with Crippen molar-refractivity contribution in [3.8, 4) is 0 Å². The summed E-state index contributed by atoms with van der Waals surface area (Å²) < 4.78 is 0. The number of anilines is 1. The highest BCUT2D eigenvalue weighted by Gasteiger charge is 2.45. The maximum atomic E-state index is 13.7. The Kier molecular flexibility index (Phi) is 5.93. The van der Waals surface area contributed by atoms with E-state index in [1.165, 1.54) is 12.8 Å². The van der Waals surface area contributed by atoms with E-state index in [1.807, 2.05) is 54.7 Å². The highest BCUT2D eigenvalue weighted by molar-refractivity contribution is 6.35. The lowest BCUT2D eigenvalue weighted by Gasteiger charge is -2.37. The zero-order valence-corrected chi connectivity index (χ0v) is 18.4. The molecule has 2 aromatic rings. The van der Waals surface area contributed by atoms with E-state index < -0.39 is 0 Å². The number of aromatic nitrogens is 1. The second-order valence-corrected chi connectivity index (χ2v) is 8.88. The van der Waals surface area contributed by atoms with Crippen LogP contribution in [0.4, 0.5) is 5.82 Å². The first kappa shape index (κ1) is 20.7. The van der Waals surface area contributed by atoms with Crippen molar-refractivity contribution in [1.29, 1.82) is 0 Å². The third kappa shape index (κ3) is 3.90. The van der Waals surface area contributed by atoms with Crippen LogP contribution in [-0.4, -0.2) is 58.8 Å². The first-order valence-corrected chi connectivity index (χ1v) is 11.8. The fourth-order valence-electron chi connectivity index (χ4n) is 5.24. The summed E-state index contributed by atoms with van der Waals surface area (Å²) in [6.07, 6.45) is 8.19. The molecule has 3 heterocycles. The summed E-state index contributed by atoms with van der Waals surface area (Å²) in [5.74, 6) is 0.737. The summed E-state index contributed by atoms with van der Waals surface area (Å²) in [5.41, 5.74) is 2.00. The number of rotatable bonds is 4. The van der Waals surface area contributed by atoms with E-state index in [9.17, 15) is 9.59 Å². The standard InChI is InChI=1S/C26H30N4O2/c31-25-23(20-10-4-3-5-11-20)24(26(32)30(25)21-12-6-1-2-7-13-21)29-18-16-28(17-19-29)22-14-8-9-15-27-22/h3-5,8-11,14-15,21H,1-2,6-7,12-13,16-19H2. The monoisotopic (exact) mass is 430 g/mol. The first-order valence-electron chi connectivity index (χ1n) is 11.8. The largest absolute Gasteiger partial charge is 0.363 e. The van der Waals surface area contributed by atoms with Gasteiger partial charge in [0.05, 0.1) is 5.57 Å². The van der Waals surface area contributed by atoms with Gasteiger partial charge in [-0.2, -0.15) is 0 Å². The van der Waals surface area contributed by atoms with Gasteiger partial charge in [0.2, 0.25) is 0 Å². The lowest BCUT2D eigenvalue weighted by Crippen LogP contribution is -2.48. The minimum atomic E-state index is -0.116. The fourth-order valence-corrected chi connectivity index (χ4v) is 5.24. The number of amides is 2. The molecule has 1 saturated carbocycles. The van der Waals surface area contributed by atoms with Gasteiger partial charge in [-0.05, 0) is 30.5 Å². The molecule has 6 heteroatoms. The molecule has 2 amide bonds. The van der Waals surface area contributed by atoms with Crippen molar-refractivity contribution >= 4 is 23.2 Å². The Morgan fingerprint density at radius 1 is 0.719 bits per heavy atom. The predicted molar refractivity (Wildman–Crippen MR) is 125 cm³/mol. The van der Waals surface area contributed by atoms with Crippen LogP contribution >= 0.6 is 0 Å². The van der Waals surface area contributed by atoms with Gasteiger partial charge < -0.3 is 9.80 Å². The van der Waals surface area contributed by atoms with Gasteiger partial charge in [-0.25, -0.2) is 4.98 Å². The molecular formula is C26H30N4O2. The van der Waals surface area contributed by atoms with Crippen LogP contribution in [0.3, 0.4) is 0 Å². The van der Waals surface area contributed by atoms with Crippen LogP contribution < -0.4 is 4.90 Å². The number of carbonyl (C=O) groups excluding carboxylic acids is 2. The summed E-state index contributed by atoms with van der Waals surface area (Å²) in [7, 11) is 0. The summed E-state index contributed by atoms with van der Waals surface area (Å²) in [5, 5.41) is 0. The first-order chi connectivity index (χ1) is 15.7. The molecule has 1 aliphatic carbocycles. The lowest BCUT2D eigenvalue weighted by atomic mass is 10.0. The molecule has 1 saturated heterocycles. The second-order valence-electron chi connectivity index (χ2n) is 8.88. The SMILES string of the molecule is O=C1C(c2ccccc2)=C(N2CCN(c3ccccn3)CC2)C(=O)N1C1CCCCCC1. The Bertz CT molecular complexity index is 989. The van der Waals surface area contributed by atoms with Gasteiger partial charge in [-0.1, -0.05) is 62.1 Å². The van der Waals surface area contributed by atoms with E-state index in [1.54, 1.807) is 4.90 Å². The Morgan fingerprint density at radius 2 is 1.38 bits per heavy atom. The Hall–Kier alpha value is -3.15. The van der Waals surface area contributed by atoms with E-state index in [2.05, 4.69) is 14.8 Å². The molecule has 6 nitrogen and oxygen atoms in total. The van der Waals surface area contributed by atoms with E-state index in [0.717, 1.165) is 50.2 Å². The molecule has 1 aromatic heterocycles. The Labute approximate surface area is 189 Å². The van der Waals surface area contributed by atoms with Gasteiger partial charge in [-0.3, -0.25) is 14.5 Å². The molecule has 0 unspecified atom stereocenters. The van der Waals surface area contributed by atoms with Crippen LogP contribution in [-0.2, 0) is 9.59 Å². The topological polar surface area (TPSA) is 56.8 Å². The van der Waals surface area contributed by atoms with Crippen LogP contribution in [0, 0.1) is 0 Å². The van der Waals surface area contributed by atoms with E-state index in [-0.39, 0.29) is 17.9 Å². The molecule has 2 aliphatic heterocycles. The number of imide groups is 1. The Morgan fingerprint density at radius 3 is 2.03 bits per heavy atom. The number of hydrogen-bond acceptors (Lipinski definition) is 5. The average molecular weight is 431 g/mol. The van der Waals surface area contributed by atoms with Gasteiger partial charge in [0.1, 0.15) is 11.5 Å². The predicted octanol–water partition coefficient (Wildman–Crippen LogP) is 3.71. The molecule has 0 atom stereocenters. The van der Waals surface area contributed by atoms with Crippen molar-refractivity contribution in [1.82, 2.24) is 14.8 Å². The van der Waals surface area contributed by atoms with Crippen molar-refractivity contribution in [2.24, 2.45) is 0 Å². The van der Waals surface area contributed by atoms with Crippen LogP contribution in [0.1, 0.15) is 44.1 Å². The summed E-state index contributed by atoms with van der Waals surface area (Å²) in [6, 6.07) is 15.7. The third-order valence-electron chi connectivity index (χ3n) is 6.91. The number of piperazine rings is 1. The van der Waals surface area contributed by atoms with Crippen molar-refractivity contribution < 1.29 is 9.59 Å². The molecule has 3 aliphatic rings. The minimum Gasteiger partial charge on any atom is -0.363 e. The maximum absolute atomic E-state index is 13.7. The molecule has 0 N–H and O–H groups in total. The molecule has 166 valence electrons. The molecule has 2 fully saturated rings. The third-order valence-corrected chi connectivity index (χ3v) is 6.91. The average Bonchev–Trinajstić information content (AvgIpc) is 3.00. The fraction of sp³-hybridized carbons (Fsp3) is 0.423. The number of benzene rings is 1. The van der Waals surface area contributed by atoms with Crippen molar-refractivity contribution in [3.05, 3.63) is 66.0 Å². The highest BCUT2D eigenvalue weighted by atomic mass is 16.2. The molecule has 32 heavy (non-hydrogen) atoms. The molecule has 5 rings (SSSR count). The van der Waals surface area contributed by atoms with E-state index in [0.29, 0.717) is 24.4 Å². The Balaban J connectivity index is 1.44. The quantitative estimate of drug-likeness (QED) is 0.547. The molecular weight excluding hydrogens is 400 g/mol. The van der Waals surface area contributed by atoms with Gasteiger partial charge >= 0.3 is 0 Å². The summed E-state index contributed by atoms with van der Waals surface area (Å²) >= 11 is 0. The smallest absolute Gasteiger partial charge is 0.278 e. The summed E-state index contributed by atoms with van der Waals surface area (Å²) in [4.78, 5) is 37.8.